The van der Waals surface area contributed by atoms with Gasteiger partial charge in [-0.05, 0) is 47.5 Å². The van der Waals surface area contributed by atoms with E-state index in [1.54, 1.807) is 48.5 Å². The van der Waals surface area contributed by atoms with E-state index in [2.05, 4.69) is 6.07 Å². The maximum atomic E-state index is 9.49. The smallest absolute Gasteiger partial charge is 0.157 e. The summed E-state index contributed by atoms with van der Waals surface area (Å²) in [7, 11) is 0. The number of ether oxygens (including phenoxy) is 1. The molecule has 0 fully saturated rings. The van der Waals surface area contributed by atoms with Crippen molar-refractivity contribution in [2.75, 3.05) is 0 Å². The molecule has 0 N–H and O–H groups in total. The van der Waals surface area contributed by atoms with E-state index >= 15 is 0 Å². The van der Waals surface area contributed by atoms with Crippen LogP contribution in [0.25, 0.3) is 11.6 Å². The van der Waals surface area contributed by atoms with E-state index in [4.69, 9.17) is 51.1 Å². The highest BCUT2D eigenvalue weighted by Crippen LogP contribution is 2.36. The van der Waals surface area contributed by atoms with Gasteiger partial charge in [0.25, 0.3) is 0 Å². The Balaban J connectivity index is 1.86. The van der Waals surface area contributed by atoms with Gasteiger partial charge in [0.2, 0.25) is 0 Å². The molecule has 0 saturated carbocycles. The Morgan fingerprint density at radius 1 is 0.893 bits per heavy atom. The van der Waals surface area contributed by atoms with Gasteiger partial charge in [-0.15, -0.1) is 0 Å². The topological polar surface area (TPSA) is 33.0 Å². The van der Waals surface area contributed by atoms with Crippen molar-refractivity contribution < 1.29 is 4.74 Å². The van der Waals surface area contributed by atoms with Crippen LogP contribution in [0.5, 0.6) is 5.75 Å². The van der Waals surface area contributed by atoms with Crippen LogP contribution in [0.15, 0.2) is 60.7 Å². The molecule has 3 aromatic rings. The van der Waals surface area contributed by atoms with E-state index < -0.39 is 0 Å². The molecule has 0 bridgehead atoms. The fraction of sp³-hybridized carbons (Fsp3) is 0.0455. The Bertz CT molecular complexity index is 1050. The number of benzene rings is 3. The molecule has 0 radical (unpaired) electrons. The van der Waals surface area contributed by atoms with Gasteiger partial charge in [-0.2, -0.15) is 5.26 Å². The Morgan fingerprint density at radius 3 is 2.14 bits per heavy atom. The van der Waals surface area contributed by atoms with Crippen molar-refractivity contribution in [3.63, 3.8) is 0 Å². The molecule has 0 spiro atoms. The first-order valence-corrected chi connectivity index (χ1v) is 9.72. The van der Waals surface area contributed by atoms with Crippen molar-refractivity contribution in [3.8, 4) is 11.8 Å². The summed E-state index contributed by atoms with van der Waals surface area (Å²) in [6.45, 7) is 0.239. The third-order valence-corrected chi connectivity index (χ3v) is 5.12. The zero-order valence-corrected chi connectivity index (χ0v) is 17.4. The lowest BCUT2D eigenvalue weighted by Gasteiger charge is -2.12. The zero-order chi connectivity index (χ0) is 20.1. The van der Waals surface area contributed by atoms with Gasteiger partial charge in [-0.25, -0.2) is 0 Å². The second-order valence-corrected chi connectivity index (χ2v) is 7.53. The Morgan fingerprint density at radius 2 is 1.54 bits per heavy atom. The lowest BCUT2D eigenvalue weighted by Crippen LogP contribution is -1.97. The van der Waals surface area contributed by atoms with E-state index in [-0.39, 0.29) is 6.61 Å². The number of rotatable bonds is 5. The lowest BCUT2D eigenvalue weighted by atomic mass is 10.0. The molecule has 140 valence electrons. The molecule has 28 heavy (non-hydrogen) atoms. The monoisotopic (exact) mass is 447 g/mol. The normalized spacial score (nSPS) is 11.2. The highest BCUT2D eigenvalue weighted by molar-refractivity contribution is 6.37. The Hall–Kier alpha value is -2.15. The van der Waals surface area contributed by atoms with Crippen molar-refractivity contribution in [2.45, 2.75) is 6.61 Å². The van der Waals surface area contributed by atoms with Crippen LogP contribution in [0.2, 0.25) is 20.1 Å². The summed E-state index contributed by atoms with van der Waals surface area (Å²) in [5, 5.41) is 11.4. The summed E-state index contributed by atoms with van der Waals surface area (Å²) in [5.74, 6) is 0.366. The number of nitrogens with zero attached hydrogens (tertiary/aromatic N) is 1. The summed E-state index contributed by atoms with van der Waals surface area (Å²) >= 11 is 24.8. The summed E-state index contributed by atoms with van der Waals surface area (Å²) in [4.78, 5) is 0. The minimum Gasteiger partial charge on any atom is -0.486 e. The molecule has 0 atom stereocenters. The summed E-state index contributed by atoms with van der Waals surface area (Å²) < 4.78 is 5.77. The first kappa shape index (κ1) is 20.6. The Kier molecular flexibility index (Phi) is 6.88. The second-order valence-electron chi connectivity index (χ2n) is 5.87. The fourth-order valence-corrected chi connectivity index (χ4v) is 3.47. The summed E-state index contributed by atoms with van der Waals surface area (Å²) in [5.41, 5.74) is 2.73. The molecule has 3 rings (SSSR count). The number of allylic oxidation sites excluding steroid dienone is 1. The molecule has 0 amide bonds. The molecule has 6 heteroatoms. The molecular weight excluding hydrogens is 436 g/mol. The molecule has 0 aromatic heterocycles. The van der Waals surface area contributed by atoms with Crippen molar-refractivity contribution >= 4 is 58.1 Å². The molecule has 3 aromatic carbocycles. The van der Waals surface area contributed by atoms with E-state index in [0.717, 1.165) is 11.1 Å². The van der Waals surface area contributed by atoms with Gasteiger partial charge >= 0.3 is 0 Å². The predicted octanol–water partition coefficient (Wildman–Crippen LogP) is 7.94. The van der Waals surface area contributed by atoms with Gasteiger partial charge in [0, 0.05) is 15.6 Å². The van der Waals surface area contributed by atoms with Crippen molar-refractivity contribution in [1.29, 1.82) is 5.26 Å². The SMILES string of the molecule is N#C/C(=C\c1cc(Cl)c(OCc2ccccc2Cl)c(Cl)c1)c1ccc(Cl)cc1. The van der Waals surface area contributed by atoms with E-state index in [9.17, 15) is 5.26 Å². The molecule has 0 unspecified atom stereocenters. The number of halogens is 4. The summed E-state index contributed by atoms with van der Waals surface area (Å²) in [6.07, 6.45) is 1.71. The molecule has 0 aliphatic carbocycles. The number of hydrogen-bond acceptors (Lipinski definition) is 2. The van der Waals surface area contributed by atoms with Crippen molar-refractivity contribution in [2.24, 2.45) is 0 Å². The average molecular weight is 449 g/mol. The maximum Gasteiger partial charge on any atom is 0.157 e. The highest BCUT2D eigenvalue weighted by Gasteiger charge is 2.11. The number of hydrogen-bond donors (Lipinski definition) is 0. The van der Waals surface area contributed by atoms with Crippen LogP contribution in [0.3, 0.4) is 0 Å². The van der Waals surface area contributed by atoms with Crippen LogP contribution in [-0.2, 0) is 6.61 Å². The van der Waals surface area contributed by atoms with Gasteiger partial charge in [-0.1, -0.05) is 76.7 Å². The molecule has 2 nitrogen and oxygen atoms in total. The van der Waals surface area contributed by atoms with Crippen LogP contribution in [0.4, 0.5) is 0 Å². The van der Waals surface area contributed by atoms with Crippen LogP contribution in [0, 0.1) is 11.3 Å². The third-order valence-electron chi connectivity index (χ3n) is 3.94. The van der Waals surface area contributed by atoms with Crippen LogP contribution >= 0.6 is 46.4 Å². The number of nitriles is 1. The van der Waals surface area contributed by atoms with E-state index in [1.807, 2.05) is 18.2 Å². The molecule has 0 aliphatic heterocycles. The fourth-order valence-electron chi connectivity index (χ4n) is 2.54. The average Bonchev–Trinajstić information content (AvgIpc) is 2.67. The van der Waals surface area contributed by atoms with Crippen LogP contribution < -0.4 is 4.74 Å². The quantitative estimate of drug-likeness (QED) is 0.293. The summed E-state index contributed by atoms with van der Waals surface area (Å²) in [6, 6.07) is 20.0. The predicted molar refractivity (Wildman–Crippen MR) is 117 cm³/mol. The standard InChI is InChI=1S/C22H13Cl4NO/c23-18-7-5-15(6-8-18)17(12-27)9-14-10-20(25)22(21(26)11-14)28-13-16-3-1-2-4-19(16)24/h1-11H,13H2/b17-9+. The maximum absolute atomic E-state index is 9.49. The van der Waals surface area contributed by atoms with Gasteiger partial charge in [0.1, 0.15) is 6.61 Å². The highest BCUT2D eigenvalue weighted by atomic mass is 35.5. The van der Waals surface area contributed by atoms with Gasteiger partial charge < -0.3 is 4.74 Å². The van der Waals surface area contributed by atoms with Crippen LogP contribution in [0.1, 0.15) is 16.7 Å². The Labute approximate surface area is 183 Å². The van der Waals surface area contributed by atoms with E-state index in [0.29, 0.717) is 37.0 Å². The van der Waals surface area contributed by atoms with Gasteiger partial charge in [0.05, 0.1) is 21.7 Å². The molecule has 0 heterocycles. The van der Waals surface area contributed by atoms with Gasteiger partial charge in [0.15, 0.2) is 5.75 Å². The first-order chi connectivity index (χ1) is 13.5. The second kappa shape index (κ2) is 9.37. The van der Waals surface area contributed by atoms with Crippen LogP contribution in [-0.4, -0.2) is 0 Å². The molecule has 0 aliphatic rings. The minimum atomic E-state index is 0.239. The van der Waals surface area contributed by atoms with Gasteiger partial charge in [-0.3, -0.25) is 0 Å². The first-order valence-electron chi connectivity index (χ1n) is 8.21. The minimum absolute atomic E-state index is 0.239. The van der Waals surface area contributed by atoms with Crippen molar-refractivity contribution in [1.82, 2.24) is 0 Å². The largest absolute Gasteiger partial charge is 0.486 e. The lowest BCUT2D eigenvalue weighted by molar-refractivity contribution is 0.306. The third kappa shape index (κ3) is 5.01. The van der Waals surface area contributed by atoms with E-state index in [1.165, 1.54) is 0 Å². The molecule has 0 saturated heterocycles. The zero-order valence-electron chi connectivity index (χ0n) is 14.4. The molecular formula is C22H13Cl4NO. The van der Waals surface area contributed by atoms with Crippen molar-refractivity contribution in [3.05, 3.63) is 97.4 Å².